The monoisotopic (exact) mass is 678 g/mol. The number of aliphatic hydroxyl groups excluding tert-OH is 1. The van der Waals surface area contributed by atoms with Gasteiger partial charge in [-0.1, -0.05) is 17.7 Å². The van der Waals surface area contributed by atoms with E-state index in [1.165, 1.54) is 50.9 Å². The predicted octanol–water partition coefficient (Wildman–Crippen LogP) is 4.73. The van der Waals surface area contributed by atoms with Crippen LogP contribution in [-0.4, -0.2) is 74.2 Å². The van der Waals surface area contributed by atoms with Crippen molar-refractivity contribution in [3.8, 4) is 11.5 Å². The molecular formula is C34H35ClN4O7S. The summed E-state index contributed by atoms with van der Waals surface area (Å²) in [6.07, 6.45) is 4.49. The van der Waals surface area contributed by atoms with Gasteiger partial charge >= 0.3 is 0 Å². The zero-order valence-corrected chi connectivity index (χ0v) is 27.6. The van der Waals surface area contributed by atoms with Crippen molar-refractivity contribution in [2.45, 2.75) is 48.4 Å². The van der Waals surface area contributed by atoms with Crippen LogP contribution < -0.4 is 13.8 Å². The molecule has 3 atom stereocenters. The van der Waals surface area contributed by atoms with E-state index in [4.69, 9.17) is 25.5 Å². The van der Waals surface area contributed by atoms with Crippen LogP contribution >= 0.6 is 11.6 Å². The van der Waals surface area contributed by atoms with Crippen molar-refractivity contribution in [2.75, 3.05) is 38.2 Å². The molecule has 47 heavy (non-hydrogen) atoms. The van der Waals surface area contributed by atoms with Gasteiger partial charge in [0.2, 0.25) is 5.89 Å². The molecule has 0 bridgehead atoms. The van der Waals surface area contributed by atoms with E-state index in [1.807, 2.05) is 18.2 Å². The Morgan fingerprint density at radius 3 is 2.47 bits per heavy atom. The number of hydrogen-bond acceptors (Lipinski definition) is 10. The molecule has 3 aliphatic rings. The molecule has 0 spiro atoms. The van der Waals surface area contributed by atoms with Crippen molar-refractivity contribution in [1.82, 2.24) is 14.8 Å². The number of fused-ring (bicyclic) bond motifs is 1. The Bertz CT molecular complexity index is 1900. The second kappa shape index (κ2) is 12.3. The number of carbonyl (C=O) groups is 1. The van der Waals surface area contributed by atoms with E-state index >= 15 is 4.79 Å². The first-order valence-electron chi connectivity index (χ1n) is 15.5. The van der Waals surface area contributed by atoms with Gasteiger partial charge in [0.1, 0.15) is 17.8 Å². The van der Waals surface area contributed by atoms with E-state index in [-0.39, 0.29) is 23.5 Å². The molecular weight excluding hydrogens is 644 g/mol. The Kier molecular flexibility index (Phi) is 8.25. The summed E-state index contributed by atoms with van der Waals surface area (Å²) in [5.74, 6) is 0.386. The van der Waals surface area contributed by atoms with Crippen LogP contribution in [0.25, 0.3) is 0 Å². The SMILES string of the molecule is COc1ccc(S(=O)(=O)N2C(=O)C(c3cc(CN4CCCC4)ccc3OC)(N3CC(O)CC3c3ncco3)c3cc(Cl)ccc32)cc1. The number of aliphatic hydroxyl groups is 1. The summed E-state index contributed by atoms with van der Waals surface area (Å²) in [7, 11) is -1.47. The number of sulfonamides is 1. The number of β-amino-alcohol motifs (C(OH)–C–C–N with tert-alkyl or cyclic N) is 1. The fraction of sp³-hybridized carbons (Fsp3) is 0.353. The number of anilines is 1. The van der Waals surface area contributed by atoms with Crippen LogP contribution in [0.5, 0.6) is 11.5 Å². The summed E-state index contributed by atoms with van der Waals surface area (Å²) < 4.78 is 46.9. The van der Waals surface area contributed by atoms with Crippen molar-refractivity contribution in [1.29, 1.82) is 0 Å². The Morgan fingerprint density at radius 2 is 1.79 bits per heavy atom. The molecule has 0 saturated carbocycles. The zero-order valence-electron chi connectivity index (χ0n) is 26.0. The number of aromatic nitrogens is 1. The van der Waals surface area contributed by atoms with Gasteiger partial charge in [-0.25, -0.2) is 17.7 Å². The van der Waals surface area contributed by atoms with Gasteiger partial charge < -0.3 is 19.0 Å². The molecule has 1 amide bonds. The maximum Gasteiger partial charge on any atom is 0.271 e. The lowest BCUT2D eigenvalue weighted by Gasteiger charge is -2.41. The molecule has 7 rings (SSSR count). The van der Waals surface area contributed by atoms with E-state index in [0.29, 0.717) is 40.1 Å². The largest absolute Gasteiger partial charge is 0.497 e. The highest BCUT2D eigenvalue weighted by Gasteiger charge is 2.63. The van der Waals surface area contributed by atoms with Gasteiger partial charge in [0, 0.05) is 29.2 Å². The van der Waals surface area contributed by atoms with E-state index in [1.54, 1.807) is 23.1 Å². The summed E-state index contributed by atoms with van der Waals surface area (Å²) in [5, 5.41) is 11.5. The van der Waals surface area contributed by atoms with Gasteiger partial charge in [0.25, 0.3) is 15.9 Å². The number of amides is 1. The number of carbonyl (C=O) groups excluding carboxylic acids is 1. The molecule has 13 heteroatoms. The summed E-state index contributed by atoms with van der Waals surface area (Å²) >= 11 is 6.66. The van der Waals surface area contributed by atoms with Gasteiger partial charge in [-0.3, -0.25) is 14.6 Å². The fourth-order valence-corrected chi connectivity index (χ4v) is 8.92. The van der Waals surface area contributed by atoms with E-state index in [2.05, 4.69) is 9.88 Å². The number of benzene rings is 3. The number of halogens is 1. The Hall–Kier alpha value is -3.94. The number of methoxy groups -OCH3 is 2. The minimum atomic E-state index is -4.47. The predicted molar refractivity (Wildman–Crippen MR) is 174 cm³/mol. The standard InChI is InChI=1S/C34H35ClN4O7S/c1-44-25-7-9-26(10-8-25)47(42,43)39-29-11-6-23(35)18-27(29)34(33(39)41,38-21-24(40)19-30(38)32-36-13-16-46-32)28-17-22(5-12-31(28)45-2)20-37-14-3-4-15-37/h5-13,16-18,24,30,40H,3-4,14-15,19-21H2,1-2H3. The first-order valence-corrected chi connectivity index (χ1v) is 17.3. The highest BCUT2D eigenvalue weighted by Crippen LogP contribution is 2.57. The van der Waals surface area contributed by atoms with Crippen molar-refractivity contribution in [3.63, 3.8) is 0 Å². The van der Waals surface area contributed by atoms with Crippen LogP contribution in [0, 0.1) is 0 Å². The minimum Gasteiger partial charge on any atom is -0.497 e. The average Bonchev–Trinajstić information content (AvgIpc) is 3.88. The molecule has 3 unspecified atom stereocenters. The molecule has 4 aromatic rings. The van der Waals surface area contributed by atoms with Crippen molar-refractivity contribution < 1.29 is 32.2 Å². The van der Waals surface area contributed by atoms with Crippen LogP contribution in [-0.2, 0) is 26.9 Å². The summed E-state index contributed by atoms with van der Waals surface area (Å²) in [6.45, 7) is 2.58. The lowest BCUT2D eigenvalue weighted by Crippen LogP contribution is -2.55. The van der Waals surface area contributed by atoms with E-state index < -0.39 is 33.6 Å². The van der Waals surface area contributed by atoms with Gasteiger partial charge in [-0.15, -0.1) is 0 Å². The van der Waals surface area contributed by atoms with Crippen LogP contribution in [0.3, 0.4) is 0 Å². The number of rotatable bonds is 9. The molecule has 0 aliphatic carbocycles. The molecule has 1 N–H and O–H groups in total. The topological polar surface area (TPSA) is 126 Å². The van der Waals surface area contributed by atoms with Crippen molar-refractivity contribution in [3.05, 3.63) is 101 Å². The van der Waals surface area contributed by atoms with Gasteiger partial charge in [0.05, 0.1) is 43.1 Å². The number of hydrogen-bond donors (Lipinski definition) is 1. The molecule has 3 aromatic carbocycles. The first kappa shape index (κ1) is 31.6. The molecule has 1 aromatic heterocycles. The third kappa shape index (κ3) is 5.19. The minimum absolute atomic E-state index is 0.0146. The second-order valence-electron chi connectivity index (χ2n) is 12.1. The van der Waals surface area contributed by atoms with Crippen LogP contribution in [0.1, 0.15) is 47.9 Å². The van der Waals surface area contributed by atoms with Crippen molar-refractivity contribution in [2.24, 2.45) is 0 Å². The fourth-order valence-electron chi connectivity index (χ4n) is 7.28. The summed E-state index contributed by atoms with van der Waals surface area (Å²) in [5.41, 5.74) is 0.0395. The number of nitrogens with zero attached hydrogens (tertiary/aromatic N) is 4. The first-order chi connectivity index (χ1) is 22.7. The quantitative estimate of drug-likeness (QED) is 0.266. The third-order valence-electron chi connectivity index (χ3n) is 9.36. The normalized spacial score (nSPS) is 23.4. The smallest absolute Gasteiger partial charge is 0.271 e. The highest BCUT2D eigenvalue weighted by molar-refractivity contribution is 7.93. The molecule has 11 nitrogen and oxygen atoms in total. The summed E-state index contributed by atoms with van der Waals surface area (Å²) in [6, 6.07) is 15.6. The lowest BCUT2D eigenvalue weighted by molar-refractivity contribution is -0.127. The molecule has 0 radical (unpaired) electrons. The van der Waals surface area contributed by atoms with Crippen LogP contribution in [0.2, 0.25) is 5.02 Å². The Labute approximate surface area is 278 Å². The third-order valence-corrected chi connectivity index (χ3v) is 11.3. The van der Waals surface area contributed by atoms with Gasteiger partial charge in [-0.2, -0.15) is 0 Å². The van der Waals surface area contributed by atoms with Gasteiger partial charge in [0.15, 0.2) is 5.54 Å². The molecule has 3 aliphatic heterocycles. The summed E-state index contributed by atoms with van der Waals surface area (Å²) in [4.78, 5) is 24.0. The van der Waals surface area contributed by atoms with E-state index in [0.717, 1.165) is 35.8 Å². The molecule has 2 saturated heterocycles. The Morgan fingerprint density at radius 1 is 1.02 bits per heavy atom. The lowest BCUT2D eigenvalue weighted by atomic mass is 9.80. The Balaban J connectivity index is 1.50. The maximum absolute atomic E-state index is 15.5. The van der Waals surface area contributed by atoms with E-state index in [9.17, 15) is 13.5 Å². The zero-order chi connectivity index (χ0) is 32.9. The highest BCUT2D eigenvalue weighted by atomic mass is 35.5. The number of likely N-dealkylation sites (tertiary alicyclic amines) is 2. The van der Waals surface area contributed by atoms with Gasteiger partial charge in [-0.05, 0) is 92.5 Å². The average molecular weight is 679 g/mol. The van der Waals surface area contributed by atoms with Crippen LogP contribution in [0.15, 0.2) is 82.4 Å². The molecule has 246 valence electrons. The number of ether oxygens (including phenoxy) is 2. The molecule has 2 fully saturated rings. The van der Waals surface area contributed by atoms with Crippen molar-refractivity contribution >= 4 is 33.2 Å². The number of oxazole rings is 1. The second-order valence-corrected chi connectivity index (χ2v) is 14.3. The molecule has 4 heterocycles. The van der Waals surface area contributed by atoms with Crippen LogP contribution in [0.4, 0.5) is 5.69 Å². The maximum atomic E-state index is 15.5.